The summed E-state index contributed by atoms with van der Waals surface area (Å²) in [4.78, 5) is 13.5. The van der Waals surface area contributed by atoms with Crippen LogP contribution in [0.15, 0.2) is 18.2 Å². The number of benzene rings is 1. The first-order chi connectivity index (χ1) is 11.5. The Labute approximate surface area is 150 Å². The van der Waals surface area contributed by atoms with Gasteiger partial charge in [0.05, 0.1) is 17.2 Å². The highest BCUT2D eigenvalue weighted by Crippen LogP contribution is 2.25. The van der Waals surface area contributed by atoms with E-state index in [1.54, 1.807) is 26.2 Å². The van der Waals surface area contributed by atoms with Crippen molar-refractivity contribution < 1.29 is 9.53 Å². The lowest BCUT2D eigenvalue weighted by Crippen LogP contribution is -2.28. The van der Waals surface area contributed by atoms with Crippen molar-refractivity contribution in [3.05, 3.63) is 28.8 Å². The summed E-state index contributed by atoms with van der Waals surface area (Å²) in [6.07, 6.45) is 4.91. The number of amides is 1. The Balaban J connectivity index is 1.77. The fourth-order valence-corrected chi connectivity index (χ4v) is 3.43. The second kappa shape index (κ2) is 9.28. The Morgan fingerprint density at radius 2 is 2.08 bits per heavy atom. The van der Waals surface area contributed by atoms with Crippen LogP contribution in [0.3, 0.4) is 0 Å². The van der Waals surface area contributed by atoms with Gasteiger partial charge in [-0.1, -0.05) is 18.5 Å². The molecule has 0 radical (unpaired) electrons. The van der Waals surface area contributed by atoms with E-state index < -0.39 is 0 Å². The molecule has 0 spiro atoms. The van der Waals surface area contributed by atoms with E-state index in [0.29, 0.717) is 23.1 Å². The second-order valence-corrected chi connectivity index (χ2v) is 7.42. The highest BCUT2D eigenvalue weighted by Gasteiger charge is 2.16. The molecule has 1 heterocycles. The van der Waals surface area contributed by atoms with Crippen LogP contribution in [0.1, 0.15) is 43.0 Å². The maximum atomic E-state index is 12.0. The monoisotopic (exact) mass is 352 g/mol. The number of ether oxygens (including phenoxy) is 1. The number of hydrogen-bond acceptors (Lipinski definition) is 3. The average molecular weight is 353 g/mol. The Hall–Kier alpha value is -1.26. The van der Waals surface area contributed by atoms with Crippen LogP contribution in [0.5, 0.6) is 5.75 Å². The number of carbonyl (C=O) groups excluding carboxylic acids is 1. The molecule has 24 heavy (non-hydrogen) atoms. The summed E-state index contributed by atoms with van der Waals surface area (Å²) in [6, 6.07) is 5.29. The zero-order valence-corrected chi connectivity index (χ0v) is 15.7. The van der Waals surface area contributed by atoms with Gasteiger partial charge >= 0.3 is 0 Å². The van der Waals surface area contributed by atoms with Crippen molar-refractivity contribution in [2.75, 3.05) is 33.8 Å². The predicted octanol–water partition coefficient (Wildman–Crippen LogP) is 3.84. The van der Waals surface area contributed by atoms with E-state index in [1.807, 2.05) is 6.07 Å². The molecule has 1 aromatic carbocycles. The third-order valence-corrected chi connectivity index (χ3v) is 4.96. The molecule has 1 aliphatic rings. The minimum atomic E-state index is -0.0952. The molecule has 1 N–H and O–H groups in total. The summed E-state index contributed by atoms with van der Waals surface area (Å²) in [6.45, 7) is 5.30. The van der Waals surface area contributed by atoms with Crippen LogP contribution in [-0.2, 0) is 0 Å². The lowest BCUT2D eigenvalue weighted by atomic mass is 9.87. The zero-order valence-electron chi connectivity index (χ0n) is 15.0. The van der Waals surface area contributed by atoms with Crippen LogP contribution < -0.4 is 10.1 Å². The van der Waals surface area contributed by atoms with E-state index in [2.05, 4.69) is 12.2 Å². The van der Waals surface area contributed by atoms with E-state index in [9.17, 15) is 4.79 Å². The van der Waals surface area contributed by atoms with Gasteiger partial charge in [-0.2, -0.15) is 0 Å². The van der Waals surface area contributed by atoms with E-state index >= 15 is 0 Å². The first-order valence-electron chi connectivity index (χ1n) is 8.82. The minimum Gasteiger partial charge on any atom is -0.494 e. The number of rotatable bonds is 7. The van der Waals surface area contributed by atoms with Crippen molar-refractivity contribution in [3.8, 4) is 5.75 Å². The number of nitrogens with zero attached hydrogens (tertiary/aromatic N) is 1. The lowest BCUT2D eigenvalue weighted by Gasteiger charge is -2.25. The maximum absolute atomic E-state index is 12.0. The van der Waals surface area contributed by atoms with E-state index in [0.717, 1.165) is 31.2 Å². The topological polar surface area (TPSA) is 41.6 Å². The van der Waals surface area contributed by atoms with Crippen LogP contribution >= 0.6 is 11.6 Å². The van der Waals surface area contributed by atoms with Gasteiger partial charge in [-0.3, -0.25) is 4.79 Å². The lowest BCUT2D eigenvalue weighted by molar-refractivity contribution is 0.0827. The van der Waals surface area contributed by atoms with Gasteiger partial charge in [0.15, 0.2) is 0 Å². The normalized spacial score (nSPS) is 16.7. The summed E-state index contributed by atoms with van der Waals surface area (Å²) in [5.74, 6) is 2.15. The molecular formula is C19H29ClN2O2. The van der Waals surface area contributed by atoms with E-state index in [4.69, 9.17) is 16.3 Å². The van der Waals surface area contributed by atoms with E-state index in [1.165, 1.54) is 24.2 Å². The molecule has 0 bridgehead atoms. The van der Waals surface area contributed by atoms with Gasteiger partial charge in [0, 0.05) is 14.1 Å². The molecule has 1 saturated heterocycles. The summed E-state index contributed by atoms with van der Waals surface area (Å²) in [7, 11) is 3.43. The van der Waals surface area contributed by atoms with Crippen molar-refractivity contribution >= 4 is 17.5 Å². The summed E-state index contributed by atoms with van der Waals surface area (Å²) in [5, 5.41) is 3.85. The first kappa shape index (κ1) is 19.1. The summed E-state index contributed by atoms with van der Waals surface area (Å²) >= 11 is 6.21. The average Bonchev–Trinajstić information content (AvgIpc) is 2.55. The molecule has 0 aliphatic carbocycles. The molecule has 1 aromatic rings. The van der Waals surface area contributed by atoms with Gasteiger partial charge < -0.3 is 15.0 Å². The molecule has 0 saturated carbocycles. The van der Waals surface area contributed by atoms with Crippen molar-refractivity contribution in [2.24, 2.45) is 11.8 Å². The molecule has 1 atom stereocenters. The molecule has 1 amide bonds. The van der Waals surface area contributed by atoms with Crippen molar-refractivity contribution in [3.63, 3.8) is 0 Å². The molecule has 5 heteroatoms. The van der Waals surface area contributed by atoms with Gasteiger partial charge in [-0.25, -0.2) is 0 Å². The van der Waals surface area contributed by atoms with Gasteiger partial charge in [0.2, 0.25) is 0 Å². The summed E-state index contributed by atoms with van der Waals surface area (Å²) < 4.78 is 5.82. The minimum absolute atomic E-state index is 0.0952. The highest BCUT2D eigenvalue weighted by molar-refractivity contribution is 6.34. The van der Waals surface area contributed by atoms with Gasteiger partial charge in [0.25, 0.3) is 5.91 Å². The molecule has 1 unspecified atom stereocenters. The third kappa shape index (κ3) is 5.67. The van der Waals surface area contributed by atoms with Crippen LogP contribution in [0.2, 0.25) is 5.02 Å². The Kier molecular flexibility index (Phi) is 7.38. The Bertz CT molecular complexity index is 542. The molecule has 2 rings (SSSR count). The van der Waals surface area contributed by atoms with Gasteiger partial charge in [0.1, 0.15) is 5.75 Å². The first-order valence-corrected chi connectivity index (χ1v) is 9.20. The standard InChI is InChI=1S/C19H29ClN2O2/c1-14(12-15-6-9-21-10-7-15)8-11-24-16-4-5-17(18(20)13-16)19(23)22(2)3/h4-5,13-15,21H,6-12H2,1-3H3. The number of piperidine rings is 1. The number of halogens is 1. The van der Waals surface area contributed by atoms with Crippen molar-refractivity contribution in [1.82, 2.24) is 10.2 Å². The Morgan fingerprint density at radius 3 is 2.71 bits per heavy atom. The number of nitrogens with one attached hydrogen (secondary N) is 1. The fourth-order valence-electron chi connectivity index (χ4n) is 3.18. The maximum Gasteiger partial charge on any atom is 0.254 e. The van der Waals surface area contributed by atoms with E-state index in [-0.39, 0.29) is 5.91 Å². The number of hydrogen-bond donors (Lipinski definition) is 1. The van der Waals surface area contributed by atoms with Crippen LogP contribution in [0, 0.1) is 11.8 Å². The van der Waals surface area contributed by atoms with Crippen LogP contribution in [-0.4, -0.2) is 44.6 Å². The quantitative estimate of drug-likeness (QED) is 0.810. The molecular weight excluding hydrogens is 324 g/mol. The predicted molar refractivity (Wildman–Crippen MR) is 99.0 cm³/mol. The molecule has 134 valence electrons. The molecule has 4 nitrogen and oxygen atoms in total. The largest absolute Gasteiger partial charge is 0.494 e. The van der Waals surface area contributed by atoms with Gasteiger partial charge in [-0.15, -0.1) is 0 Å². The highest BCUT2D eigenvalue weighted by atomic mass is 35.5. The zero-order chi connectivity index (χ0) is 17.5. The SMILES string of the molecule is CC(CCOc1ccc(C(=O)N(C)C)c(Cl)c1)CC1CCNCC1. The smallest absolute Gasteiger partial charge is 0.254 e. The van der Waals surface area contributed by atoms with Crippen molar-refractivity contribution in [1.29, 1.82) is 0 Å². The molecule has 0 aromatic heterocycles. The van der Waals surface area contributed by atoms with Crippen LogP contribution in [0.25, 0.3) is 0 Å². The number of carbonyl (C=O) groups is 1. The second-order valence-electron chi connectivity index (χ2n) is 7.01. The summed E-state index contributed by atoms with van der Waals surface area (Å²) in [5.41, 5.74) is 0.508. The Morgan fingerprint density at radius 1 is 1.38 bits per heavy atom. The van der Waals surface area contributed by atoms with Crippen molar-refractivity contribution in [2.45, 2.75) is 32.6 Å². The third-order valence-electron chi connectivity index (χ3n) is 4.65. The molecule has 1 aliphatic heterocycles. The fraction of sp³-hybridized carbons (Fsp3) is 0.632. The van der Waals surface area contributed by atoms with Crippen LogP contribution in [0.4, 0.5) is 0 Å². The van der Waals surface area contributed by atoms with Gasteiger partial charge in [-0.05, 0) is 68.8 Å². The molecule has 1 fully saturated rings.